The predicted molar refractivity (Wildman–Crippen MR) is 146 cm³/mol. The largest absolute Gasteiger partial charge is 0.351 e. The van der Waals surface area contributed by atoms with Crippen molar-refractivity contribution in [2.45, 2.75) is 75.7 Å². The summed E-state index contributed by atoms with van der Waals surface area (Å²) in [4.78, 5) is 12.5. The number of fused-ring (bicyclic) bond motifs is 1. The molecule has 3 saturated heterocycles. The van der Waals surface area contributed by atoms with Crippen molar-refractivity contribution >= 4 is 28.5 Å². The molecule has 4 aromatic rings. The van der Waals surface area contributed by atoms with Crippen molar-refractivity contribution in [1.82, 2.24) is 34.8 Å². The number of nitriles is 1. The number of nitrogens with one attached hydrogen (secondary N) is 3. The van der Waals surface area contributed by atoms with Crippen molar-refractivity contribution in [3.05, 3.63) is 42.4 Å². The summed E-state index contributed by atoms with van der Waals surface area (Å²) in [5, 5.41) is 28.5. The van der Waals surface area contributed by atoms with E-state index < -0.39 is 6.67 Å². The Hall–Kier alpha value is -4.04. The summed E-state index contributed by atoms with van der Waals surface area (Å²) in [6, 6.07) is 11.8. The molecule has 0 bridgehead atoms. The summed E-state index contributed by atoms with van der Waals surface area (Å²) >= 11 is 0. The number of aromatic amines is 1. The third-order valence-electron chi connectivity index (χ3n) is 8.64. The topological polar surface area (TPSA) is 123 Å². The second-order valence-corrected chi connectivity index (χ2v) is 11.2. The minimum atomic E-state index is -0.454. The molecule has 3 aromatic heterocycles. The van der Waals surface area contributed by atoms with Crippen molar-refractivity contribution in [3.63, 3.8) is 0 Å². The summed E-state index contributed by atoms with van der Waals surface area (Å²) < 4.78 is 14.4. The number of piperidine rings is 2. The van der Waals surface area contributed by atoms with Gasteiger partial charge in [0.05, 0.1) is 24.3 Å². The van der Waals surface area contributed by atoms with Gasteiger partial charge in [-0.2, -0.15) is 20.4 Å². The van der Waals surface area contributed by atoms with Crippen molar-refractivity contribution in [3.8, 4) is 17.2 Å². The summed E-state index contributed by atoms with van der Waals surface area (Å²) in [6.07, 6.45) is 9.74. The number of nitrogens with zero attached hydrogens (tertiary/aromatic N) is 7. The van der Waals surface area contributed by atoms with Gasteiger partial charge in [-0.3, -0.25) is 14.7 Å². The molecule has 3 fully saturated rings. The van der Waals surface area contributed by atoms with E-state index in [-0.39, 0.29) is 6.54 Å². The summed E-state index contributed by atoms with van der Waals surface area (Å²) in [7, 11) is 0. The minimum Gasteiger partial charge on any atom is -0.351 e. The fraction of sp³-hybridized carbons (Fsp3) is 0.464. The molecule has 0 radical (unpaired) electrons. The Bertz CT molecular complexity index is 1550. The van der Waals surface area contributed by atoms with Crippen LogP contribution in [0.2, 0.25) is 0 Å². The van der Waals surface area contributed by atoms with Crippen LogP contribution in [-0.4, -0.2) is 65.2 Å². The zero-order valence-electron chi connectivity index (χ0n) is 21.9. The lowest BCUT2D eigenvalue weighted by molar-refractivity contribution is -0.222. The first-order valence-electron chi connectivity index (χ1n) is 13.7. The average Bonchev–Trinajstić information content (AvgIpc) is 3.53. The van der Waals surface area contributed by atoms with E-state index in [9.17, 15) is 4.39 Å². The first kappa shape index (κ1) is 24.0. The molecule has 200 valence electrons. The standard InChI is InChI=1S/C28H31FN10/c1-17-9-25(37-36-17)34-26-23-4-3-18(19-15-31-38(16-19)8-6-29)10-24(23)33-27(35-26)32-20-11-21-13-28(5-2-7-30)14-22(12-20)39(21)28/h3-4,9-10,15-16,20-22H,2,5-6,8,11-14H2,1H3,(H3,32,33,34,35,36,37)/t20?,21-,22+,28?. The van der Waals surface area contributed by atoms with Crippen LogP contribution in [0, 0.1) is 18.3 Å². The van der Waals surface area contributed by atoms with Crippen molar-refractivity contribution in [2.24, 2.45) is 0 Å². The Balaban J connectivity index is 1.17. The second-order valence-electron chi connectivity index (χ2n) is 11.2. The number of aryl methyl sites for hydroxylation is 2. The maximum atomic E-state index is 12.8. The molecule has 10 nitrogen and oxygen atoms in total. The normalized spacial score (nSPS) is 25.4. The molecule has 4 atom stereocenters. The maximum absolute atomic E-state index is 12.8. The molecule has 0 saturated carbocycles. The predicted octanol–water partition coefficient (Wildman–Crippen LogP) is 4.70. The third-order valence-corrected chi connectivity index (χ3v) is 8.64. The molecular formula is C28H31FN10. The van der Waals surface area contributed by atoms with Gasteiger partial charge in [-0.05, 0) is 56.7 Å². The average molecular weight is 527 g/mol. The first-order chi connectivity index (χ1) is 19.0. The highest BCUT2D eigenvalue weighted by atomic mass is 19.1. The van der Waals surface area contributed by atoms with Crippen LogP contribution in [0.15, 0.2) is 36.7 Å². The fourth-order valence-corrected chi connectivity index (χ4v) is 7.08. The Morgan fingerprint density at radius 3 is 2.77 bits per heavy atom. The molecule has 1 aromatic carbocycles. The fourth-order valence-electron chi connectivity index (χ4n) is 7.08. The van der Waals surface area contributed by atoms with Crippen LogP contribution in [0.1, 0.15) is 44.2 Å². The van der Waals surface area contributed by atoms with Gasteiger partial charge in [0.25, 0.3) is 0 Å². The van der Waals surface area contributed by atoms with Gasteiger partial charge in [-0.15, -0.1) is 0 Å². The molecule has 0 spiro atoms. The van der Waals surface area contributed by atoms with E-state index >= 15 is 0 Å². The van der Waals surface area contributed by atoms with Gasteiger partial charge in [-0.25, -0.2) is 9.37 Å². The van der Waals surface area contributed by atoms with Crippen LogP contribution < -0.4 is 10.6 Å². The zero-order chi connectivity index (χ0) is 26.6. The Morgan fingerprint density at radius 1 is 1.18 bits per heavy atom. The van der Waals surface area contributed by atoms with Crippen LogP contribution >= 0.6 is 0 Å². The lowest BCUT2D eigenvalue weighted by atomic mass is 9.57. The van der Waals surface area contributed by atoms with E-state index in [1.807, 2.05) is 37.4 Å². The summed E-state index contributed by atoms with van der Waals surface area (Å²) in [5.74, 6) is 1.98. The Labute approximate surface area is 225 Å². The van der Waals surface area contributed by atoms with Crippen LogP contribution in [0.25, 0.3) is 22.0 Å². The summed E-state index contributed by atoms with van der Waals surface area (Å²) in [6.45, 7) is 1.74. The van der Waals surface area contributed by atoms with Crippen molar-refractivity contribution in [2.75, 3.05) is 17.3 Å². The number of hydrogen-bond donors (Lipinski definition) is 3. The molecule has 0 aliphatic carbocycles. The van der Waals surface area contributed by atoms with Gasteiger partial charge in [0.15, 0.2) is 5.82 Å². The van der Waals surface area contributed by atoms with Crippen molar-refractivity contribution < 1.29 is 4.39 Å². The quantitative estimate of drug-likeness (QED) is 0.287. The number of benzene rings is 1. The van der Waals surface area contributed by atoms with Gasteiger partial charge >= 0.3 is 0 Å². The summed E-state index contributed by atoms with van der Waals surface area (Å²) in [5.41, 5.74) is 3.93. The molecule has 7 rings (SSSR count). The molecule has 3 N–H and O–H groups in total. The third kappa shape index (κ3) is 4.19. The number of anilines is 3. The highest BCUT2D eigenvalue weighted by Crippen LogP contribution is 2.58. The number of halogens is 1. The van der Waals surface area contributed by atoms with Crippen LogP contribution in [-0.2, 0) is 6.54 Å². The van der Waals surface area contributed by atoms with Crippen LogP contribution in [0.5, 0.6) is 0 Å². The molecular weight excluding hydrogens is 495 g/mol. The van der Waals surface area contributed by atoms with Crippen LogP contribution in [0.3, 0.4) is 0 Å². The van der Waals surface area contributed by atoms with E-state index in [1.165, 1.54) is 12.8 Å². The highest BCUT2D eigenvalue weighted by Gasteiger charge is 2.64. The van der Waals surface area contributed by atoms with Gasteiger partial charge in [-0.1, -0.05) is 6.07 Å². The Kier molecular flexibility index (Phi) is 5.74. The molecule has 3 aliphatic rings. The van der Waals surface area contributed by atoms with Gasteiger partial charge < -0.3 is 10.6 Å². The van der Waals surface area contributed by atoms with Crippen LogP contribution in [0.4, 0.5) is 22.0 Å². The number of aromatic nitrogens is 6. The maximum Gasteiger partial charge on any atom is 0.225 e. The number of hydrogen-bond acceptors (Lipinski definition) is 8. The van der Waals surface area contributed by atoms with Gasteiger partial charge in [0.1, 0.15) is 12.5 Å². The number of rotatable bonds is 9. The van der Waals surface area contributed by atoms with E-state index in [0.717, 1.165) is 47.0 Å². The molecule has 3 aliphatic heterocycles. The lowest BCUT2D eigenvalue weighted by Gasteiger charge is -2.74. The SMILES string of the molecule is Cc1cc(Nc2nc(NC3C[C@@H]4CC5(CCC#N)C[C@H](C3)N45)nc3cc(-c4cnn(CCF)c4)ccc23)n[nH]1. The molecule has 6 heterocycles. The smallest absolute Gasteiger partial charge is 0.225 e. The van der Waals surface area contributed by atoms with E-state index in [0.29, 0.717) is 47.7 Å². The van der Waals surface area contributed by atoms with Gasteiger partial charge in [0.2, 0.25) is 5.95 Å². The van der Waals surface area contributed by atoms with E-state index in [2.05, 4.69) is 36.9 Å². The Morgan fingerprint density at radius 2 is 2.03 bits per heavy atom. The minimum absolute atomic E-state index is 0.237. The van der Waals surface area contributed by atoms with E-state index in [4.69, 9.17) is 15.2 Å². The van der Waals surface area contributed by atoms with Crippen molar-refractivity contribution in [1.29, 1.82) is 5.26 Å². The lowest BCUT2D eigenvalue weighted by Crippen LogP contribution is -2.81. The molecule has 2 unspecified atom stereocenters. The molecule has 11 heteroatoms. The molecule has 0 amide bonds. The van der Waals surface area contributed by atoms with Gasteiger partial charge in [0, 0.05) is 59.0 Å². The van der Waals surface area contributed by atoms with E-state index in [1.54, 1.807) is 10.9 Å². The number of alkyl halides is 1. The second kappa shape index (κ2) is 9.31. The first-order valence-corrected chi connectivity index (χ1v) is 13.7. The number of H-pyrrole nitrogens is 1. The zero-order valence-corrected chi connectivity index (χ0v) is 21.9. The monoisotopic (exact) mass is 526 g/mol. The highest BCUT2D eigenvalue weighted by molar-refractivity contribution is 5.94. The molecule has 39 heavy (non-hydrogen) atoms.